The summed E-state index contributed by atoms with van der Waals surface area (Å²) in [5.41, 5.74) is 2.29. The number of hydrogen-bond acceptors (Lipinski definition) is 2. The molecule has 3 heteroatoms. The molecule has 0 bridgehead atoms. The van der Waals surface area contributed by atoms with Gasteiger partial charge in [0, 0.05) is 10.0 Å². The van der Waals surface area contributed by atoms with Gasteiger partial charge in [0.2, 0.25) is 0 Å². The molecule has 1 fully saturated rings. The second kappa shape index (κ2) is 3.78. The molecule has 0 saturated carbocycles. The smallest absolute Gasteiger partial charge is 0.185 e. The number of halogens is 1. The Kier molecular flexibility index (Phi) is 2.67. The lowest BCUT2D eigenvalue weighted by molar-refractivity contribution is -0.0446. The van der Waals surface area contributed by atoms with Crippen LogP contribution in [0.4, 0.5) is 0 Å². The van der Waals surface area contributed by atoms with Crippen molar-refractivity contribution in [2.24, 2.45) is 0 Å². The average Bonchev–Trinajstić information content (AvgIpc) is 2.62. The normalized spacial score (nSPS) is 18.0. The average molecular weight is 243 g/mol. The van der Waals surface area contributed by atoms with Crippen LogP contribution in [0.25, 0.3) is 0 Å². The van der Waals surface area contributed by atoms with E-state index in [-0.39, 0.29) is 6.29 Å². The second-order valence-corrected chi connectivity index (χ2v) is 3.84. The lowest BCUT2D eigenvalue weighted by Gasteiger charge is -2.12. The number of benzene rings is 1. The molecule has 1 aliphatic rings. The maximum atomic E-state index is 5.42. The van der Waals surface area contributed by atoms with Crippen LogP contribution in [0.3, 0.4) is 0 Å². The Morgan fingerprint density at radius 3 is 2.69 bits per heavy atom. The zero-order valence-corrected chi connectivity index (χ0v) is 9.00. The summed E-state index contributed by atoms with van der Waals surface area (Å²) in [6, 6.07) is 6.09. The third kappa shape index (κ3) is 1.77. The first-order valence-corrected chi connectivity index (χ1v) is 5.06. The molecule has 0 atom stereocenters. The van der Waals surface area contributed by atoms with E-state index < -0.39 is 0 Å². The molecule has 0 unspecified atom stereocenters. The van der Waals surface area contributed by atoms with Gasteiger partial charge in [0.15, 0.2) is 6.29 Å². The third-order valence-electron chi connectivity index (χ3n) is 2.10. The van der Waals surface area contributed by atoms with Gasteiger partial charge in [-0.05, 0) is 12.5 Å². The number of ether oxygens (including phenoxy) is 2. The Balaban J connectivity index is 2.33. The number of aryl methyl sites for hydroxylation is 1. The first-order valence-electron chi connectivity index (χ1n) is 4.27. The topological polar surface area (TPSA) is 18.5 Å². The first kappa shape index (κ1) is 9.19. The monoisotopic (exact) mass is 242 g/mol. The van der Waals surface area contributed by atoms with E-state index >= 15 is 0 Å². The van der Waals surface area contributed by atoms with E-state index in [4.69, 9.17) is 9.47 Å². The zero-order valence-electron chi connectivity index (χ0n) is 7.42. The molecule has 1 aliphatic heterocycles. The molecule has 0 aromatic heterocycles. The van der Waals surface area contributed by atoms with Crippen LogP contribution in [0.5, 0.6) is 0 Å². The second-order valence-electron chi connectivity index (χ2n) is 3.05. The van der Waals surface area contributed by atoms with Gasteiger partial charge in [-0.3, -0.25) is 0 Å². The maximum absolute atomic E-state index is 5.42. The minimum atomic E-state index is -0.186. The van der Waals surface area contributed by atoms with Gasteiger partial charge in [0.05, 0.1) is 13.2 Å². The van der Waals surface area contributed by atoms with Gasteiger partial charge in [0.25, 0.3) is 0 Å². The highest BCUT2D eigenvalue weighted by molar-refractivity contribution is 9.10. The Labute approximate surface area is 86.0 Å². The summed E-state index contributed by atoms with van der Waals surface area (Å²) in [6.45, 7) is 3.43. The maximum Gasteiger partial charge on any atom is 0.185 e. The molecule has 1 saturated heterocycles. The predicted octanol–water partition coefficient (Wildman–Crippen LogP) is 2.80. The minimum absolute atomic E-state index is 0.186. The molecule has 70 valence electrons. The highest BCUT2D eigenvalue weighted by atomic mass is 79.9. The highest BCUT2D eigenvalue weighted by Gasteiger charge is 2.20. The Hall–Kier alpha value is -0.380. The van der Waals surface area contributed by atoms with Crippen molar-refractivity contribution < 1.29 is 9.47 Å². The molecular formula is C10H11BrO2. The summed E-state index contributed by atoms with van der Waals surface area (Å²) in [5, 5.41) is 0. The Morgan fingerprint density at radius 1 is 1.31 bits per heavy atom. The van der Waals surface area contributed by atoms with Crippen LogP contribution in [-0.4, -0.2) is 13.2 Å². The van der Waals surface area contributed by atoms with Crippen LogP contribution >= 0.6 is 15.9 Å². The van der Waals surface area contributed by atoms with Crippen LogP contribution in [0.1, 0.15) is 17.4 Å². The van der Waals surface area contributed by atoms with Crippen molar-refractivity contribution >= 4 is 15.9 Å². The van der Waals surface area contributed by atoms with Crippen molar-refractivity contribution in [1.29, 1.82) is 0 Å². The number of hydrogen-bond donors (Lipinski definition) is 0. The molecule has 0 aliphatic carbocycles. The number of rotatable bonds is 1. The fourth-order valence-electron chi connectivity index (χ4n) is 1.39. The van der Waals surface area contributed by atoms with Crippen molar-refractivity contribution in [2.75, 3.05) is 13.2 Å². The summed E-state index contributed by atoms with van der Waals surface area (Å²) in [4.78, 5) is 0. The molecule has 1 heterocycles. The zero-order chi connectivity index (χ0) is 9.26. The van der Waals surface area contributed by atoms with Crippen molar-refractivity contribution in [3.05, 3.63) is 33.8 Å². The van der Waals surface area contributed by atoms with E-state index in [0.717, 1.165) is 10.0 Å². The van der Waals surface area contributed by atoms with Crippen molar-refractivity contribution in [3.8, 4) is 0 Å². The SMILES string of the molecule is Cc1cccc(C2OCCO2)c1Br. The van der Waals surface area contributed by atoms with E-state index in [1.54, 1.807) is 0 Å². The standard InChI is InChI=1S/C10H11BrO2/c1-7-3-2-4-8(9(7)11)10-12-5-6-13-10/h2-4,10H,5-6H2,1H3. The van der Waals surface area contributed by atoms with Gasteiger partial charge in [0.1, 0.15) is 0 Å². The van der Waals surface area contributed by atoms with Gasteiger partial charge >= 0.3 is 0 Å². The summed E-state index contributed by atoms with van der Waals surface area (Å²) in [7, 11) is 0. The lowest BCUT2D eigenvalue weighted by atomic mass is 10.1. The molecular weight excluding hydrogens is 232 g/mol. The summed E-state index contributed by atoms with van der Waals surface area (Å²) in [6.07, 6.45) is -0.186. The molecule has 0 amide bonds. The van der Waals surface area contributed by atoms with Gasteiger partial charge in [-0.15, -0.1) is 0 Å². The van der Waals surface area contributed by atoms with Crippen molar-refractivity contribution in [1.82, 2.24) is 0 Å². The van der Waals surface area contributed by atoms with E-state index in [2.05, 4.69) is 28.9 Å². The summed E-state index contributed by atoms with van der Waals surface area (Å²) in [5.74, 6) is 0. The minimum Gasteiger partial charge on any atom is -0.346 e. The van der Waals surface area contributed by atoms with Gasteiger partial charge in [-0.2, -0.15) is 0 Å². The molecule has 2 rings (SSSR count). The van der Waals surface area contributed by atoms with Crippen molar-refractivity contribution in [2.45, 2.75) is 13.2 Å². The molecule has 1 aromatic carbocycles. The largest absolute Gasteiger partial charge is 0.346 e. The predicted molar refractivity (Wildman–Crippen MR) is 53.5 cm³/mol. The van der Waals surface area contributed by atoms with Crippen LogP contribution in [0, 0.1) is 6.92 Å². The Morgan fingerprint density at radius 2 is 2.00 bits per heavy atom. The molecule has 0 spiro atoms. The van der Waals surface area contributed by atoms with Crippen LogP contribution in [0.15, 0.2) is 22.7 Å². The van der Waals surface area contributed by atoms with Crippen molar-refractivity contribution in [3.63, 3.8) is 0 Å². The molecule has 0 radical (unpaired) electrons. The fourth-order valence-corrected chi connectivity index (χ4v) is 1.84. The summed E-state index contributed by atoms with van der Waals surface area (Å²) < 4.78 is 11.9. The summed E-state index contributed by atoms with van der Waals surface area (Å²) >= 11 is 3.53. The van der Waals surface area contributed by atoms with Gasteiger partial charge in [-0.25, -0.2) is 0 Å². The van der Waals surface area contributed by atoms with Crippen LogP contribution < -0.4 is 0 Å². The van der Waals surface area contributed by atoms with Crippen LogP contribution in [0.2, 0.25) is 0 Å². The third-order valence-corrected chi connectivity index (χ3v) is 3.18. The van der Waals surface area contributed by atoms with Gasteiger partial charge in [-0.1, -0.05) is 34.1 Å². The molecule has 0 N–H and O–H groups in total. The van der Waals surface area contributed by atoms with E-state index in [1.165, 1.54) is 5.56 Å². The van der Waals surface area contributed by atoms with E-state index in [9.17, 15) is 0 Å². The fraction of sp³-hybridized carbons (Fsp3) is 0.400. The van der Waals surface area contributed by atoms with E-state index in [0.29, 0.717) is 13.2 Å². The first-order chi connectivity index (χ1) is 6.29. The van der Waals surface area contributed by atoms with E-state index in [1.807, 2.05) is 12.1 Å². The quantitative estimate of drug-likeness (QED) is 0.755. The highest BCUT2D eigenvalue weighted by Crippen LogP contribution is 2.31. The molecule has 1 aromatic rings. The molecule has 13 heavy (non-hydrogen) atoms. The lowest BCUT2D eigenvalue weighted by Crippen LogP contribution is -1.99. The Bertz CT molecular complexity index is 306. The van der Waals surface area contributed by atoms with Crippen LogP contribution in [-0.2, 0) is 9.47 Å². The molecule has 2 nitrogen and oxygen atoms in total. The van der Waals surface area contributed by atoms with Gasteiger partial charge < -0.3 is 9.47 Å².